The van der Waals surface area contributed by atoms with Gasteiger partial charge in [0.15, 0.2) is 24.4 Å². The Bertz CT molecular complexity index is 2970. The van der Waals surface area contributed by atoms with Crippen LogP contribution in [0.3, 0.4) is 0 Å². The van der Waals surface area contributed by atoms with E-state index in [1.807, 2.05) is 17.5 Å². The highest BCUT2D eigenvalue weighted by atomic mass is 32.1. The fourth-order valence-electron chi connectivity index (χ4n) is 11.2. The normalized spacial score (nSPS) is 32.2. The number of ether oxygens (including phenoxy) is 6. The molecule has 0 aliphatic carbocycles. The molecule has 0 spiro atoms. The van der Waals surface area contributed by atoms with Crippen LogP contribution in [0.5, 0.6) is 5.75 Å². The molecule has 0 bridgehead atoms. The highest BCUT2D eigenvalue weighted by Gasteiger charge is 2.54. The lowest BCUT2D eigenvalue weighted by molar-refractivity contribution is -0.353. The number of hydrogen-bond donors (Lipinski definition) is 23. The van der Waals surface area contributed by atoms with Crippen LogP contribution >= 0.6 is 11.3 Å². The minimum atomic E-state index is -2.29. The zero-order valence-electron chi connectivity index (χ0n) is 49.8. The van der Waals surface area contributed by atoms with E-state index < -0.39 is 215 Å². The standard InChI is InChI=1S/C57H80N11O24S/c1-23(25-6-3-2-4-7-25)35(58)50(84)64-29(14-24-9-11-27(12-10-24)88-54-47(82)44(79)48(33(20-72)90-54)92-55-46(81)43(78)41(76)34(91-55)22-87-21-28-8-5-13-93-28)49(83)66-36(38(73)30-15-61-56(59)65-30)52(86)67-37(51(85)63-26(17-69)18-70)39(74)31-16-62-57(60)68(31)53-45(80)42(77)40(75)32(19-71)89-53/h2-13,23,26,29-48,53-55,69,71-82H,14-17,19-22,58H2,1H3,(H2,60,62)(H,63,85)(H,64,84)(H,66,83)(H,67,86)(H3,59,61,65). The van der Waals surface area contributed by atoms with Gasteiger partial charge in [0.05, 0.1) is 51.2 Å². The second-order valence-electron chi connectivity index (χ2n) is 22.9. The Balaban J connectivity index is 1.02. The molecule has 25 unspecified atom stereocenters. The number of benzene rings is 2. The number of amides is 4. The molecular formula is C57H80N11O24S. The van der Waals surface area contributed by atoms with Crippen molar-refractivity contribution in [1.29, 1.82) is 10.8 Å². The first-order valence-corrected chi connectivity index (χ1v) is 30.5. The second kappa shape index (κ2) is 32.6. The maximum absolute atomic E-state index is 14.9. The average molecular weight is 1340 g/mol. The Hall–Kier alpha value is -6.73. The van der Waals surface area contributed by atoms with Crippen LogP contribution in [-0.2, 0) is 60.7 Å². The molecule has 5 saturated heterocycles. The van der Waals surface area contributed by atoms with Crippen LogP contribution in [0.2, 0.25) is 0 Å². The van der Waals surface area contributed by atoms with Crippen LogP contribution < -0.4 is 47.7 Å². The molecule has 5 fully saturated rings. The highest BCUT2D eigenvalue weighted by Crippen LogP contribution is 2.32. The third-order valence-electron chi connectivity index (χ3n) is 16.7. The Morgan fingerprint density at radius 3 is 1.98 bits per heavy atom. The molecule has 1 radical (unpaired) electrons. The van der Waals surface area contributed by atoms with E-state index in [2.05, 4.69) is 37.2 Å². The second-order valence-corrected chi connectivity index (χ2v) is 23.9. The summed E-state index contributed by atoms with van der Waals surface area (Å²) in [4.78, 5) is 71.6. The summed E-state index contributed by atoms with van der Waals surface area (Å²) in [5.41, 5.74) is 7.41. The molecule has 6 heterocycles. The van der Waals surface area contributed by atoms with Crippen molar-refractivity contribution in [3.05, 3.63) is 88.1 Å². The summed E-state index contributed by atoms with van der Waals surface area (Å²) < 4.78 is 34.6. The molecule has 513 valence electrons. The van der Waals surface area contributed by atoms with E-state index in [0.29, 0.717) is 5.56 Å². The molecule has 8 rings (SSSR count). The number of nitrogens with two attached hydrogens (primary N) is 1. The van der Waals surface area contributed by atoms with Crippen molar-refractivity contribution in [3.63, 3.8) is 0 Å². The summed E-state index contributed by atoms with van der Waals surface area (Å²) in [7, 11) is 0. The molecule has 1 aromatic heterocycles. The van der Waals surface area contributed by atoms with Gasteiger partial charge in [-0.15, -0.1) is 11.3 Å². The molecule has 24 N–H and O–H groups in total. The van der Waals surface area contributed by atoms with Gasteiger partial charge in [0.1, 0.15) is 115 Å². The van der Waals surface area contributed by atoms with Gasteiger partial charge in [-0.05, 0) is 34.7 Å². The molecular weight excluding hydrogens is 1250 g/mol. The summed E-state index contributed by atoms with van der Waals surface area (Å²) >= 11 is 1.42. The quantitative estimate of drug-likeness (QED) is 0.0307. The fraction of sp³-hybridized carbons (Fsp3) is 0.596. The van der Waals surface area contributed by atoms with Gasteiger partial charge in [-0.1, -0.05) is 55.5 Å². The Labute approximate surface area is 534 Å². The number of aliphatic hydroxyl groups is 13. The number of carbonyl (C=O) groups excluding carboxylic acids is 5. The van der Waals surface area contributed by atoms with Gasteiger partial charge in [0.25, 0.3) is 0 Å². The van der Waals surface area contributed by atoms with Crippen molar-refractivity contribution in [2.45, 2.75) is 172 Å². The first kappa shape index (κ1) is 72.1. The highest BCUT2D eigenvalue weighted by molar-refractivity contribution is 7.09. The molecule has 0 saturated carbocycles. The van der Waals surface area contributed by atoms with Gasteiger partial charge >= 0.3 is 0 Å². The maximum Gasteiger partial charge on any atom is 0.246 e. The topological polar surface area (TPSA) is 565 Å². The van der Waals surface area contributed by atoms with E-state index >= 15 is 0 Å². The van der Waals surface area contributed by atoms with Crippen molar-refractivity contribution in [2.24, 2.45) is 5.73 Å². The molecule has 4 amide bonds. The SMILES string of the molecule is CC(c1ccccc1)C(N)C(=O)NC(Cc1ccc(OC2OC(CO)C(OC3OC(COCc4cccs4)C(O)C(O)C3O)C(O)C2O)cc1)C(=O)NC(C(=O)NC(C(=O)NC([C]=O)CO)C(O)C1CNC(=N)N1C1OC(CO)C(O)C(O)C1O)C(O)C1CNC(=N)N1. The first-order chi connectivity index (χ1) is 44.4. The van der Waals surface area contributed by atoms with Crippen LogP contribution in [0.15, 0.2) is 72.1 Å². The zero-order valence-corrected chi connectivity index (χ0v) is 50.6. The van der Waals surface area contributed by atoms with E-state index in [9.17, 15) is 90.4 Å². The summed E-state index contributed by atoms with van der Waals surface area (Å²) in [6.07, 6.45) is -29.5. The minimum Gasteiger partial charge on any atom is -0.462 e. The number of aliphatic hydroxyl groups excluding tert-OH is 13. The first-order valence-electron chi connectivity index (χ1n) is 29.6. The Morgan fingerprint density at radius 2 is 1.34 bits per heavy atom. The molecule has 36 heteroatoms. The predicted molar refractivity (Wildman–Crippen MR) is 317 cm³/mol. The maximum atomic E-state index is 14.9. The third kappa shape index (κ3) is 17.0. The molecule has 2 aromatic carbocycles. The summed E-state index contributed by atoms with van der Waals surface area (Å²) in [6, 6.07) is 5.58. The third-order valence-corrected chi connectivity index (χ3v) is 17.5. The van der Waals surface area contributed by atoms with Crippen molar-refractivity contribution in [2.75, 3.05) is 39.5 Å². The van der Waals surface area contributed by atoms with E-state index in [1.54, 1.807) is 37.3 Å². The van der Waals surface area contributed by atoms with Gasteiger partial charge in [0.2, 0.25) is 36.2 Å². The van der Waals surface area contributed by atoms with Gasteiger partial charge < -0.3 is 143 Å². The molecule has 35 nitrogen and oxygen atoms in total. The number of nitrogens with zero attached hydrogens (tertiary/aromatic N) is 1. The number of nitrogens with one attached hydrogen (secondary N) is 9. The largest absolute Gasteiger partial charge is 0.462 e. The molecule has 5 aliphatic rings. The van der Waals surface area contributed by atoms with Crippen LogP contribution in [0.25, 0.3) is 0 Å². The van der Waals surface area contributed by atoms with Gasteiger partial charge in [0, 0.05) is 30.3 Å². The fourth-order valence-corrected chi connectivity index (χ4v) is 11.8. The molecule has 3 aromatic rings. The lowest BCUT2D eigenvalue weighted by Crippen LogP contribution is -2.69. The van der Waals surface area contributed by atoms with Gasteiger partial charge in [-0.2, -0.15) is 0 Å². The summed E-state index contributed by atoms with van der Waals surface area (Å²) in [5, 5.41) is 177. The van der Waals surface area contributed by atoms with Crippen LogP contribution in [-0.4, -0.2) is 299 Å². The van der Waals surface area contributed by atoms with Gasteiger partial charge in [-0.3, -0.25) is 34.8 Å². The van der Waals surface area contributed by atoms with Crippen LogP contribution in [0.4, 0.5) is 0 Å². The van der Waals surface area contributed by atoms with E-state index in [4.69, 9.17) is 45.0 Å². The molecule has 93 heavy (non-hydrogen) atoms. The van der Waals surface area contributed by atoms with Crippen LogP contribution in [0, 0.1) is 10.8 Å². The van der Waals surface area contributed by atoms with Crippen LogP contribution in [0.1, 0.15) is 28.8 Å². The average Bonchev–Trinajstić information content (AvgIpc) is 1.78. The smallest absolute Gasteiger partial charge is 0.246 e. The number of rotatable bonds is 29. The minimum absolute atomic E-state index is 0.0369. The van der Waals surface area contributed by atoms with Gasteiger partial charge in [-0.25, -0.2) is 0 Å². The lowest BCUT2D eigenvalue weighted by atomic mass is 9.93. The van der Waals surface area contributed by atoms with Crippen molar-refractivity contribution in [3.8, 4) is 5.75 Å². The summed E-state index contributed by atoms with van der Waals surface area (Å²) in [5.74, 6) is -6.50. The summed E-state index contributed by atoms with van der Waals surface area (Å²) in [6.45, 7) is -1.93. The van der Waals surface area contributed by atoms with E-state index in [-0.39, 0.29) is 37.0 Å². The van der Waals surface area contributed by atoms with E-state index in [1.165, 1.54) is 41.9 Å². The monoisotopic (exact) mass is 1330 g/mol. The molecule has 5 aliphatic heterocycles. The number of carbonyl (C=O) groups is 4. The van der Waals surface area contributed by atoms with Crippen molar-refractivity contribution >= 4 is 53.2 Å². The lowest BCUT2D eigenvalue weighted by Gasteiger charge is -2.46. The Morgan fingerprint density at radius 1 is 0.710 bits per heavy atom. The number of guanidine groups is 2. The Kier molecular flexibility index (Phi) is 25.3. The number of thiophene rings is 1. The molecule has 25 atom stereocenters. The van der Waals surface area contributed by atoms with Crippen molar-refractivity contribution < 1.29 is 119 Å². The zero-order chi connectivity index (χ0) is 67.5. The number of hydrogen-bond acceptors (Lipinski definition) is 28. The van der Waals surface area contributed by atoms with Crippen molar-refractivity contribution in [1.82, 2.24) is 42.1 Å². The van der Waals surface area contributed by atoms with E-state index in [0.717, 1.165) is 9.78 Å². The predicted octanol–water partition coefficient (Wildman–Crippen LogP) is -10.1.